The van der Waals surface area contributed by atoms with Crippen molar-refractivity contribution in [2.24, 2.45) is 7.05 Å². The van der Waals surface area contributed by atoms with E-state index < -0.39 is 65.8 Å². The van der Waals surface area contributed by atoms with E-state index in [2.05, 4.69) is 20.2 Å². The van der Waals surface area contributed by atoms with Crippen molar-refractivity contribution >= 4 is 21.0 Å². The lowest BCUT2D eigenvalue weighted by Gasteiger charge is -2.18. The van der Waals surface area contributed by atoms with Crippen LogP contribution >= 0.6 is 0 Å². The van der Waals surface area contributed by atoms with Gasteiger partial charge in [0, 0.05) is 12.0 Å². The van der Waals surface area contributed by atoms with E-state index in [4.69, 9.17) is 4.52 Å². The highest BCUT2D eigenvalue weighted by molar-refractivity contribution is 7.91. The Kier molecular flexibility index (Phi) is 5.59. The largest absolute Gasteiger partial charge is 0.691 e. The molecule has 0 unspecified atom stereocenters. The Morgan fingerprint density at radius 2 is 1.84 bits per heavy atom. The summed E-state index contributed by atoms with van der Waals surface area (Å²) in [6, 6.07) is 1.34. The second-order valence-corrected chi connectivity index (χ2v) is 10.8. The topological polar surface area (TPSA) is 158 Å². The van der Waals surface area contributed by atoms with Crippen LogP contribution in [0.5, 0.6) is 0 Å². The molecule has 0 amide bonds. The Hall–Kier alpha value is -3.96. The maximum absolute atomic E-state index is 13.9. The van der Waals surface area contributed by atoms with E-state index in [1.807, 2.05) is 0 Å². The van der Waals surface area contributed by atoms with Crippen LogP contribution in [0.3, 0.4) is 0 Å². The molecule has 0 N–H and O–H groups in total. The van der Waals surface area contributed by atoms with Crippen LogP contribution in [0.15, 0.2) is 27.7 Å². The number of hydrogen-bond donors (Lipinski definition) is 0. The molecule has 1 fully saturated rings. The molecule has 0 atom stereocenters. The number of halogens is 5. The first kappa shape index (κ1) is 25.7. The molecule has 0 spiro atoms. The van der Waals surface area contributed by atoms with Crippen LogP contribution in [0, 0.1) is 10.4 Å². The van der Waals surface area contributed by atoms with Gasteiger partial charge >= 0.3 is 23.4 Å². The normalized spacial score (nSPS) is 14.9. The summed E-state index contributed by atoms with van der Waals surface area (Å²) < 4.78 is 98.4. The van der Waals surface area contributed by atoms with Crippen molar-refractivity contribution in [2.45, 2.75) is 42.7 Å². The number of imidazole rings is 1. The summed E-state index contributed by atoms with van der Waals surface area (Å²) in [6.07, 6.45) is -3.44. The smallest absolute Gasteiger partial charge is 0.459 e. The van der Waals surface area contributed by atoms with Crippen LogP contribution in [0.2, 0.25) is 0 Å². The summed E-state index contributed by atoms with van der Waals surface area (Å²) in [5.74, 6) is -6.10. The SMILES string of the molecule is CCS(=O)(=O)c1cc(-c2noc(C3CC3)n2)c[n+]([O-])c1-c1nc2cc(C(F)(F)C(F)(F)F)n[n+]([O-])c2n1C. The number of rotatable bonds is 6. The zero-order valence-electron chi connectivity index (χ0n) is 19.4. The van der Waals surface area contributed by atoms with E-state index in [9.17, 15) is 40.8 Å². The summed E-state index contributed by atoms with van der Waals surface area (Å²) in [6.45, 7) is 1.30. The quantitative estimate of drug-likeness (QED) is 0.196. The molecule has 0 radical (unpaired) electrons. The van der Waals surface area contributed by atoms with Crippen molar-refractivity contribution < 1.29 is 44.5 Å². The van der Waals surface area contributed by atoms with Crippen molar-refractivity contribution in [1.29, 1.82) is 0 Å². The van der Waals surface area contributed by atoms with Crippen molar-refractivity contribution in [3.05, 3.63) is 40.3 Å². The molecule has 4 aromatic rings. The lowest BCUT2D eigenvalue weighted by molar-refractivity contribution is -0.647. The predicted octanol–water partition coefficient (Wildman–Crippen LogP) is 2.28. The molecular weight excluding hydrogens is 545 g/mol. The molecular formula is C20H16F5N7O5S. The third kappa shape index (κ3) is 3.98. The number of sulfone groups is 1. The second-order valence-electron chi connectivity index (χ2n) is 8.58. The molecule has 1 aliphatic rings. The number of nitrogens with zero attached hydrogens (tertiary/aromatic N) is 7. The van der Waals surface area contributed by atoms with Crippen molar-refractivity contribution in [3.63, 3.8) is 0 Å². The highest BCUT2D eigenvalue weighted by Crippen LogP contribution is 2.43. The molecule has 12 nitrogen and oxygen atoms in total. The summed E-state index contributed by atoms with van der Waals surface area (Å²) in [7, 11) is -3.03. The summed E-state index contributed by atoms with van der Waals surface area (Å²) >= 11 is 0. The lowest BCUT2D eigenvalue weighted by atomic mass is 10.2. The second kappa shape index (κ2) is 8.27. The minimum atomic E-state index is -6.05. The van der Waals surface area contributed by atoms with Gasteiger partial charge in [-0.3, -0.25) is 0 Å². The molecule has 0 aromatic carbocycles. The zero-order chi connectivity index (χ0) is 27.8. The first-order valence-electron chi connectivity index (χ1n) is 10.9. The van der Waals surface area contributed by atoms with Crippen LogP contribution in [0.1, 0.15) is 37.3 Å². The Balaban J connectivity index is 1.73. The van der Waals surface area contributed by atoms with Gasteiger partial charge < -0.3 is 14.9 Å². The predicted molar refractivity (Wildman–Crippen MR) is 115 cm³/mol. The van der Waals surface area contributed by atoms with Gasteiger partial charge in [0.15, 0.2) is 27.2 Å². The fourth-order valence-corrected chi connectivity index (χ4v) is 4.86. The maximum Gasteiger partial charge on any atom is 0.459 e. The molecule has 202 valence electrons. The van der Waals surface area contributed by atoms with E-state index in [0.717, 1.165) is 36.7 Å². The van der Waals surface area contributed by atoms with E-state index in [-0.39, 0.29) is 28.1 Å². The van der Waals surface area contributed by atoms with Crippen molar-refractivity contribution in [3.8, 4) is 22.9 Å². The lowest BCUT2D eigenvalue weighted by Crippen LogP contribution is -2.41. The van der Waals surface area contributed by atoms with Gasteiger partial charge in [-0.05, 0) is 18.9 Å². The third-order valence-corrected chi connectivity index (χ3v) is 7.71. The van der Waals surface area contributed by atoms with Crippen LogP contribution in [-0.2, 0) is 22.8 Å². The molecule has 0 aliphatic heterocycles. The van der Waals surface area contributed by atoms with Gasteiger partial charge in [-0.1, -0.05) is 17.2 Å². The van der Waals surface area contributed by atoms with E-state index in [1.165, 1.54) is 6.92 Å². The third-order valence-electron chi connectivity index (χ3n) is 5.97. The number of fused-ring (bicyclic) bond motifs is 1. The molecule has 4 heterocycles. The van der Waals surface area contributed by atoms with E-state index in [0.29, 0.717) is 5.89 Å². The number of aryl methyl sites for hydroxylation is 1. The average Bonchev–Trinajstić information content (AvgIpc) is 3.47. The van der Waals surface area contributed by atoms with Crippen LogP contribution < -0.4 is 9.58 Å². The first-order chi connectivity index (χ1) is 17.7. The fraction of sp³-hybridized carbons (Fsp3) is 0.400. The van der Waals surface area contributed by atoms with Crippen LogP contribution in [0.4, 0.5) is 22.0 Å². The first-order valence-corrected chi connectivity index (χ1v) is 12.6. The van der Waals surface area contributed by atoms with E-state index in [1.54, 1.807) is 0 Å². The molecule has 1 aliphatic carbocycles. The summed E-state index contributed by atoms with van der Waals surface area (Å²) in [5, 5.41) is 32.1. The van der Waals surface area contributed by atoms with E-state index >= 15 is 0 Å². The summed E-state index contributed by atoms with van der Waals surface area (Å²) in [5.41, 5.74) is -3.82. The zero-order valence-corrected chi connectivity index (χ0v) is 20.2. The monoisotopic (exact) mass is 561 g/mol. The van der Waals surface area contributed by atoms with Gasteiger partial charge in [0.25, 0.3) is 5.82 Å². The van der Waals surface area contributed by atoms with Gasteiger partial charge in [0.1, 0.15) is 4.90 Å². The Bertz CT molecular complexity index is 1700. The van der Waals surface area contributed by atoms with Gasteiger partial charge in [-0.25, -0.2) is 13.0 Å². The molecule has 1 saturated carbocycles. The van der Waals surface area contributed by atoms with Gasteiger partial charge in [-0.2, -0.15) is 36.7 Å². The number of alkyl halides is 5. The average molecular weight is 561 g/mol. The van der Waals surface area contributed by atoms with Crippen LogP contribution in [0.25, 0.3) is 34.1 Å². The Labute approximate surface area is 209 Å². The highest BCUT2D eigenvalue weighted by Gasteiger charge is 2.61. The van der Waals surface area contributed by atoms with Gasteiger partial charge in [0.2, 0.25) is 11.7 Å². The number of pyridine rings is 1. The minimum absolute atomic E-state index is 0.0159. The van der Waals surface area contributed by atoms with Crippen molar-refractivity contribution in [1.82, 2.24) is 24.8 Å². The number of hydrogen-bond acceptors (Lipinski definition) is 9. The van der Waals surface area contributed by atoms with Gasteiger partial charge in [-0.15, -0.1) is 4.85 Å². The minimum Gasteiger partial charge on any atom is -0.691 e. The number of aromatic nitrogens is 7. The highest BCUT2D eigenvalue weighted by atomic mass is 32.2. The molecule has 4 aromatic heterocycles. The van der Waals surface area contributed by atoms with Crippen LogP contribution in [-0.4, -0.2) is 45.1 Å². The molecule has 0 saturated heterocycles. The molecule has 5 rings (SSSR count). The Morgan fingerprint density at radius 1 is 1.16 bits per heavy atom. The van der Waals surface area contributed by atoms with Gasteiger partial charge in [0.05, 0.1) is 18.4 Å². The standard InChI is InChI=1S/C20H16F5N7O5S/c1-3-38(35,36)12-6-10(15-27-17(37-29-15)9-4-5-9)8-31(33)14(12)16-26-11-7-13(19(21,22)20(23,24)25)28-32(34)18(11)30(16)2/h6-9H,3-5H2,1-2H3. The fourth-order valence-electron chi connectivity index (χ4n) is 3.77. The van der Waals surface area contributed by atoms with Crippen molar-refractivity contribution in [2.75, 3.05) is 5.75 Å². The maximum atomic E-state index is 13.9. The molecule has 18 heteroatoms. The summed E-state index contributed by atoms with van der Waals surface area (Å²) in [4.78, 5) is 7.00. The molecule has 0 bridgehead atoms. The Morgan fingerprint density at radius 3 is 2.45 bits per heavy atom. The molecule has 38 heavy (non-hydrogen) atoms.